The number of hydrogen-bond donors (Lipinski definition) is 2. The van der Waals surface area contributed by atoms with Gasteiger partial charge in [-0.15, -0.1) is 0 Å². The van der Waals surface area contributed by atoms with Crippen molar-refractivity contribution in [1.82, 2.24) is 4.98 Å². The Morgan fingerprint density at radius 2 is 1.92 bits per heavy atom. The molecule has 2 aromatic heterocycles. The first-order valence-electron chi connectivity index (χ1n) is 6.15. The molecule has 128 valence electrons. The van der Waals surface area contributed by atoms with E-state index in [1.165, 1.54) is 0 Å². The molecule has 2 heterocycles. The number of allylic oxidation sites excluding steroid dienone is 1. The molecule has 0 aromatic carbocycles. The van der Waals surface area contributed by atoms with Gasteiger partial charge in [0.15, 0.2) is 6.20 Å². The SMILES string of the molecule is C[n+]1ccc2c(Br)[nH]c3c2c1C(Br)=C(N)C3=O.O=C([O-])C(F)(F)F. The monoisotopic (exact) mass is 469 g/mol. The number of alkyl halides is 3. The number of nitrogens with one attached hydrogen (secondary N) is 1. The first-order chi connectivity index (χ1) is 11.0. The average molecular weight is 471 g/mol. The number of rotatable bonds is 0. The average Bonchev–Trinajstić information content (AvgIpc) is 2.81. The summed E-state index contributed by atoms with van der Waals surface area (Å²) in [5.41, 5.74) is 7.51. The van der Waals surface area contributed by atoms with Crippen LogP contribution in [0.25, 0.3) is 15.3 Å². The first-order valence-corrected chi connectivity index (χ1v) is 7.73. The number of aromatic nitrogens is 2. The van der Waals surface area contributed by atoms with E-state index in [2.05, 4.69) is 36.8 Å². The Bertz CT molecular complexity index is 903. The number of Topliss-reactive ketones (excluding diaryl/α,β-unsaturated/α-hetero) is 1. The maximum atomic E-state index is 12.1. The van der Waals surface area contributed by atoms with E-state index in [0.717, 1.165) is 21.1 Å². The summed E-state index contributed by atoms with van der Waals surface area (Å²) in [7, 11) is 1.92. The minimum absolute atomic E-state index is 0.175. The molecule has 0 unspecified atom stereocenters. The molecule has 0 fully saturated rings. The second kappa shape index (κ2) is 6.20. The van der Waals surface area contributed by atoms with Crippen molar-refractivity contribution in [1.29, 1.82) is 0 Å². The Morgan fingerprint density at radius 1 is 1.38 bits per heavy atom. The smallest absolute Gasteiger partial charge is 0.430 e. The van der Waals surface area contributed by atoms with Gasteiger partial charge in [-0.3, -0.25) is 4.79 Å². The van der Waals surface area contributed by atoms with E-state index >= 15 is 0 Å². The van der Waals surface area contributed by atoms with Crippen LogP contribution in [0.4, 0.5) is 13.2 Å². The third-order valence-electron chi connectivity index (χ3n) is 3.19. The number of carboxylic acids is 1. The summed E-state index contributed by atoms with van der Waals surface area (Å²) in [6.07, 6.45) is -3.26. The molecule has 2 aromatic rings. The molecular weight excluding hydrogens is 463 g/mol. The molecule has 0 amide bonds. The first kappa shape index (κ1) is 18.5. The van der Waals surface area contributed by atoms with Crippen LogP contribution < -0.4 is 15.4 Å². The minimum atomic E-state index is -5.19. The van der Waals surface area contributed by atoms with Gasteiger partial charge in [-0.1, -0.05) is 0 Å². The molecule has 0 saturated carbocycles. The largest absolute Gasteiger partial charge is 0.542 e. The van der Waals surface area contributed by atoms with Gasteiger partial charge in [0.1, 0.15) is 28.9 Å². The van der Waals surface area contributed by atoms with Gasteiger partial charge in [0.05, 0.1) is 9.99 Å². The van der Waals surface area contributed by atoms with Crippen LogP contribution in [0.1, 0.15) is 16.2 Å². The normalized spacial score (nSPS) is 13.8. The van der Waals surface area contributed by atoms with E-state index in [4.69, 9.17) is 15.6 Å². The summed E-state index contributed by atoms with van der Waals surface area (Å²) in [5.74, 6) is -3.18. The Kier molecular flexibility index (Phi) is 4.77. The Labute approximate surface area is 149 Å². The number of aryl methyl sites for hydroxylation is 1. The molecule has 0 saturated heterocycles. The Morgan fingerprint density at radius 3 is 2.42 bits per heavy atom. The quantitative estimate of drug-likeness (QED) is 0.566. The molecule has 3 rings (SSSR count). The van der Waals surface area contributed by atoms with Crippen molar-refractivity contribution < 1.29 is 32.4 Å². The van der Waals surface area contributed by atoms with Crippen molar-refractivity contribution in [3.05, 3.63) is 34.0 Å². The van der Waals surface area contributed by atoms with E-state index in [0.29, 0.717) is 10.2 Å². The minimum Gasteiger partial charge on any atom is -0.542 e. The van der Waals surface area contributed by atoms with Gasteiger partial charge in [0, 0.05) is 11.5 Å². The summed E-state index contributed by atoms with van der Waals surface area (Å²) >= 11 is 6.82. The Balaban J connectivity index is 0.000000256. The lowest BCUT2D eigenvalue weighted by Gasteiger charge is -2.10. The van der Waals surface area contributed by atoms with Crippen molar-refractivity contribution in [2.24, 2.45) is 12.8 Å². The topological polar surface area (TPSA) is 103 Å². The molecule has 24 heavy (non-hydrogen) atoms. The molecule has 0 bridgehead atoms. The van der Waals surface area contributed by atoms with Crippen LogP contribution in [0.2, 0.25) is 0 Å². The van der Waals surface area contributed by atoms with E-state index in [-0.39, 0.29) is 11.5 Å². The van der Waals surface area contributed by atoms with Gasteiger partial charge in [-0.25, -0.2) is 0 Å². The van der Waals surface area contributed by atoms with Gasteiger partial charge < -0.3 is 20.6 Å². The van der Waals surface area contributed by atoms with Crippen LogP contribution in [-0.2, 0) is 11.8 Å². The number of nitrogens with two attached hydrogens (primary N) is 1. The molecule has 11 heteroatoms. The number of carbonyl (C=O) groups is 2. The summed E-state index contributed by atoms with van der Waals surface area (Å²) < 4.78 is 34.9. The van der Waals surface area contributed by atoms with Gasteiger partial charge in [0.2, 0.25) is 11.5 Å². The number of aliphatic carboxylic acids is 1. The predicted octanol–water partition coefficient (Wildman–Crippen LogP) is 1.27. The third-order valence-corrected chi connectivity index (χ3v) is 4.62. The second-order valence-corrected chi connectivity index (χ2v) is 6.31. The molecule has 3 N–H and O–H groups in total. The third kappa shape index (κ3) is 3.05. The summed E-state index contributed by atoms with van der Waals surface area (Å²) in [4.78, 5) is 23.9. The van der Waals surface area contributed by atoms with E-state index in [1.54, 1.807) is 0 Å². The highest BCUT2D eigenvalue weighted by atomic mass is 79.9. The van der Waals surface area contributed by atoms with Crippen molar-refractivity contribution in [2.45, 2.75) is 6.18 Å². The molecule has 1 aliphatic carbocycles. The standard InChI is InChI=1S/C11H7Br2N3O.C2HF3O2/c1-16-3-2-4-5-8(15-11(4)13)10(17)7(14)6(12)9(5)16;3-2(4,5)1(6)7/h2-3H,1H3,(H2,14,15,17);(H,6,7). The van der Waals surface area contributed by atoms with Crippen molar-refractivity contribution >= 4 is 58.9 Å². The number of pyridine rings is 1. The predicted molar refractivity (Wildman–Crippen MR) is 82.6 cm³/mol. The number of hydrogen-bond acceptors (Lipinski definition) is 4. The van der Waals surface area contributed by atoms with Crippen LogP contribution in [0, 0.1) is 0 Å². The summed E-state index contributed by atoms with van der Waals surface area (Å²) in [5, 5.41) is 10.7. The maximum Gasteiger partial charge on any atom is 0.430 e. The zero-order chi connectivity index (χ0) is 18.4. The maximum absolute atomic E-state index is 12.1. The highest BCUT2D eigenvalue weighted by Crippen LogP contribution is 2.38. The zero-order valence-electron chi connectivity index (χ0n) is 11.8. The summed E-state index contributed by atoms with van der Waals surface area (Å²) in [6, 6.07) is 1.96. The van der Waals surface area contributed by atoms with E-state index in [9.17, 15) is 18.0 Å². The molecule has 0 atom stereocenters. The van der Waals surface area contributed by atoms with Crippen molar-refractivity contribution in [3.8, 4) is 0 Å². The van der Waals surface area contributed by atoms with Gasteiger partial charge in [0.25, 0.3) is 0 Å². The Hall–Kier alpha value is -1.88. The highest BCUT2D eigenvalue weighted by molar-refractivity contribution is 9.15. The van der Waals surface area contributed by atoms with Crippen LogP contribution in [0.15, 0.2) is 22.6 Å². The lowest BCUT2D eigenvalue weighted by Crippen LogP contribution is -2.37. The fraction of sp³-hybridized carbons (Fsp3) is 0.154. The molecular formula is C13H8Br2F3N3O3. The highest BCUT2D eigenvalue weighted by Gasteiger charge is 2.33. The van der Waals surface area contributed by atoms with Crippen molar-refractivity contribution in [3.63, 3.8) is 0 Å². The fourth-order valence-electron chi connectivity index (χ4n) is 2.12. The lowest BCUT2D eigenvalue weighted by atomic mass is 10.0. The summed E-state index contributed by atoms with van der Waals surface area (Å²) in [6.45, 7) is 0. The number of nitrogens with zero attached hydrogens (tertiary/aromatic N) is 1. The van der Waals surface area contributed by atoms with Crippen LogP contribution in [0.5, 0.6) is 0 Å². The number of ketones is 1. The number of halogens is 5. The van der Waals surface area contributed by atoms with Gasteiger partial charge in [-0.05, 0) is 31.9 Å². The zero-order valence-corrected chi connectivity index (χ0v) is 15.0. The van der Waals surface area contributed by atoms with Gasteiger partial charge in [-0.2, -0.15) is 17.7 Å². The van der Waals surface area contributed by atoms with Crippen LogP contribution in [0.3, 0.4) is 0 Å². The fourth-order valence-corrected chi connectivity index (χ4v) is 3.31. The molecule has 0 radical (unpaired) electrons. The van der Waals surface area contributed by atoms with Crippen LogP contribution >= 0.6 is 31.9 Å². The van der Waals surface area contributed by atoms with E-state index < -0.39 is 12.1 Å². The number of H-pyrrole nitrogens is 1. The lowest BCUT2D eigenvalue weighted by molar-refractivity contribution is -0.672. The molecule has 0 spiro atoms. The van der Waals surface area contributed by atoms with E-state index in [1.807, 2.05) is 23.9 Å². The van der Waals surface area contributed by atoms with Crippen molar-refractivity contribution in [2.75, 3.05) is 0 Å². The number of carbonyl (C=O) groups excluding carboxylic acids is 2. The molecule has 6 nitrogen and oxygen atoms in total. The van der Waals surface area contributed by atoms with Gasteiger partial charge >= 0.3 is 6.18 Å². The molecule has 0 aliphatic heterocycles. The number of aromatic amines is 1. The van der Waals surface area contributed by atoms with Crippen LogP contribution in [-0.4, -0.2) is 22.9 Å². The second-order valence-electron chi connectivity index (χ2n) is 4.72. The molecule has 1 aliphatic rings. The number of carboxylic acid groups (broad SMARTS) is 1.